The number of piperazine rings is 2. The molecule has 4 atom stereocenters. The molecule has 0 aromatic heterocycles. The first-order valence-corrected chi connectivity index (χ1v) is 13.9. The van der Waals surface area contributed by atoms with Crippen LogP contribution in [0, 0.1) is 11.8 Å². The molecule has 0 spiro atoms. The van der Waals surface area contributed by atoms with Gasteiger partial charge in [-0.25, -0.2) is 0 Å². The molecular weight excluding hydrogens is 432 g/mol. The van der Waals surface area contributed by atoms with Gasteiger partial charge in [0.2, 0.25) is 11.8 Å². The zero-order chi connectivity index (χ0) is 23.3. The van der Waals surface area contributed by atoms with Crippen LogP contribution in [0.5, 0.6) is 0 Å². The molecule has 1 aliphatic carbocycles. The smallest absolute Gasteiger partial charge is 0.225 e. The van der Waals surface area contributed by atoms with Crippen LogP contribution in [0.15, 0.2) is 0 Å². The SMILES string of the molecule is O=C(C1CCCC(C(=O)N2CCN(CC3CCCO3)CC2)C1)N1CCN(CC2CCCO2)CC1. The molecule has 5 rings (SSSR count). The number of hydrogen-bond acceptors (Lipinski definition) is 6. The van der Waals surface area contributed by atoms with Gasteiger partial charge in [0, 0.05) is 90.5 Å². The monoisotopic (exact) mass is 476 g/mol. The van der Waals surface area contributed by atoms with Crippen LogP contribution < -0.4 is 0 Å². The summed E-state index contributed by atoms with van der Waals surface area (Å²) in [5, 5.41) is 0. The molecule has 0 N–H and O–H groups in total. The third kappa shape index (κ3) is 6.12. The van der Waals surface area contributed by atoms with E-state index < -0.39 is 0 Å². The van der Waals surface area contributed by atoms with Gasteiger partial charge in [-0.15, -0.1) is 0 Å². The molecule has 1 saturated carbocycles. The first kappa shape index (κ1) is 24.5. The molecule has 8 nitrogen and oxygen atoms in total. The van der Waals surface area contributed by atoms with Crippen molar-refractivity contribution in [3.8, 4) is 0 Å². The average Bonchev–Trinajstić information content (AvgIpc) is 3.59. The molecule has 4 heterocycles. The molecule has 0 radical (unpaired) electrons. The lowest BCUT2D eigenvalue weighted by Crippen LogP contribution is -2.53. The molecule has 0 bridgehead atoms. The maximum Gasteiger partial charge on any atom is 0.225 e. The Morgan fingerprint density at radius 3 is 1.41 bits per heavy atom. The molecule has 192 valence electrons. The number of nitrogens with zero attached hydrogens (tertiary/aromatic N) is 4. The molecule has 5 fully saturated rings. The first-order chi connectivity index (χ1) is 16.7. The van der Waals surface area contributed by atoms with Gasteiger partial charge >= 0.3 is 0 Å². The van der Waals surface area contributed by atoms with Crippen molar-refractivity contribution in [3.63, 3.8) is 0 Å². The van der Waals surface area contributed by atoms with Crippen molar-refractivity contribution in [1.82, 2.24) is 19.6 Å². The summed E-state index contributed by atoms with van der Waals surface area (Å²) in [6.45, 7) is 10.8. The predicted octanol–water partition coefficient (Wildman–Crippen LogP) is 1.44. The van der Waals surface area contributed by atoms with Crippen LogP contribution in [0.2, 0.25) is 0 Å². The van der Waals surface area contributed by atoms with Gasteiger partial charge < -0.3 is 19.3 Å². The van der Waals surface area contributed by atoms with Crippen molar-refractivity contribution >= 4 is 11.8 Å². The lowest BCUT2D eigenvalue weighted by molar-refractivity contribution is -0.143. The Balaban J connectivity index is 1.04. The second-order valence-corrected chi connectivity index (χ2v) is 11.1. The Bertz CT molecular complexity index is 622. The summed E-state index contributed by atoms with van der Waals surface area (Å²) in [7, 11) is 0. The molecule has 5 aliphatic rings. The quantitative estimate of drug-likeness (QED) is 0.578. The van der Waals surface area contributed by atoms with Gasteiger partial charge in [-0.3, -0.25) is 19.4 Å². The van der Waals surface area contributed by atoms with Gasteiger partial charge in [0.25, 0.3) is 0 Å². The largest absolute Gasteiger partial charge is 0.377 e. The number of amides is 2. The highest BCUT2D eigenvalue weighted by atomic mass is 16.5. The van der Waals surface area contributed by atoms with Gasteiger partial charge in [-0.05, 0) is 44.9 Å². The van der Waals surface area contributed by atoms with Crippen LogP contribution in [0.3, 0.4) is 0 Å². The van der Waals surface area contributed by atoms with E-state index in [2.05, 4.69) is 19.6 Å². The number of carbonyl (C=O) groups is 2. The van der Waals surface area contributed by atoms with Crippen molar-refractivity contribution in [2.24, 2.45) is 11.8 Å². The van der Waals surface area contributed by atoms with Crippen LogP contribution in [0.25, 0.3) is 0 Å². The summed E-state index contributed by atoms with van der Waals surface area (Å²) in [5.41, 5.74) is 0. The van der Waals surface area contributed by atoms with Crippen molar-refractivity contribution in [2.45, 2.75) is 63.6 Å². The lowest BCUT2D eigenvalue weighted by atomic mass is 9.79. The molecule has 8 heteroatoms. The second kappa shape index (κ2) is 11.7. The van der Waals surface area contributed by atoms with Crippen molar-refractivity contribution < 1.29 is 19.1 Å². The molecule has 34 heavy (non-hydrogen) atoms. The molecule has 4 aliphatic heterocycles. The van der Waals surface area contributed by atoms with E-state index in [-0.39, 0.29) is 23.7 Å². The van der Waals surface area contributed by atoms with Gasteiger partial charge in [0.05, 0.1) is 12.2 Å². The predicted molar refractivity (Wildman–Crippen MR) is 129 cm³/mol. The van der Waals surface area contributed by atoms with Crippen molar-refractivity contribution in [3.05, 3.63) is 0 Å². The highest BCUT2D eigenvalue weighted by Crippen LogP contribution is 2.32. The molecule has 0 aromatic rings. The van der Waals surface area contributed by atoms with E-state index in [0.717, 1.165) is 104 Å². The summed E-state index contributed by atoms with van der Waals surface area (Å²) < 4.78 is 11.6. The molecule has 4 unspecified atom stereocenters. The van der Waals surface area contributed by atoms with E-state index in [0.29, 0.717) is 12.2 Å². The Labute approximate surface area is 204 Å². The second-order valence-electron chi connectivity index (χ2n) is 11.1. The van der Waals surface area contributed by atoms with Crippen LogP contribution in [-0.4, -0.2) is 122 Å². The summed E-state index contributed by atoms with van der Waals surface area (Å²) in [5.74, 6) is 0.618. The van der Waals surface area contributed by atoms with E-state index in [1.165, 1.54) is 25.7 Å². The summed E-state index contributed by atoms with van der Waals surface area (Å²) in [4.78, 5) is 35.6. The average molecular weight is 477 g/mol. The number of carbonyl (C=O) groups excluding carboxylic acids is 2. The number of hydrogen-bond donors (Lipinski definition) is 0. The van der Waals surface area contributed by atoms with E-state index in [1.807, 2.05) is 0 Å². The van der Waals surface area contributed by atoms with E-state index >= 15 is 0 Å². The fraction of sp³-hybridized carbons (Fsp3) is 0.923. The normalized spacial score (nSPS) is 34.0. The Hall–Kier alpha value is -1.22. The van der Waals surface area contributed by atoms with Gasteiger partial charge in [-0.1, -0.05) is 6.42 Å². The molecular formula is C26H44N4O4. The van der Waals surface area contributed by atoms with Crippen molar-refractivity contribution in [1.29, 1.82) is 0 Å². The zero-order valence-electron chi connectivity index (χ0n) is 20.9. The van der Waals surface area contributed by atoms with E-state index in [4.69, 9.17) is 9.47 Å². The minimum Gasteiger partial charge on any atom is -0.377 e. The Kier molecular flexibility index (Phi) is 8.40. The first-order valence-electron chi connectivity index (χ1n) is 13.9. The van der Waals surface area contributed by atoms with E-state index in [1.54, 1.807) is 0 Å². The zero-order valence-corrected chi connectivity index (χ0v) is 20.9. The highest BCUT2D eigenvalue weighted by Gasteiger charge is 2.37. The lowest BCUT2D eigenvalue weighted by Gasteiger charge is -2.40. The minimum absolute atomic E-state index is 0.0215. The number of ether oxygens (including phenoxy) is 2. The van der Waals surface area contributed by atoms with E-state index in [9.17, 15) is 9.59 Å². The fourth-order valence-corrected chi connectivity index (χ4v) is 6.61. The maximum absolute atomic E-state index is 13.3. The summed E-state index contributed by atoms with van der Waals surface area (Å²) in [6.07, 6.45) is 9.05. The van der Waals surface area contributed by atoms with Crippen LogP contribution in [-0.2, 0) is 19.1 Å². The Morgan fingerprint density at radius 2 is 1.03 bits per heavy atom. The third-order valence-corrected chi connectivity index (χ3v) is 8.71. The fourth-order valence-electron chi connectivity index (χ4n) is 6.61. The summed E-state index contributed by atoms with van der Waals surface area (Å²) >= 11 is 0. The number of rotatable bonds is 6. The Morgan fingerprint density at radius 1 is 0.588 bits per heavy atom. The van der Waals surface area contributed by atoms with Gasteiger partial charge in [0.15, 0.2) is 0 Å². The van der Waals surface area contributed by atoms with Crippen molar-refractivity contribution in [2.75, 3.05) is 78.7 Å². The molecule has 2 amide bonds. The van der Waals surface area contributed by atoms with Crippen LogP contribution in [0.1, 0.15) is 51.4 Å². The molecule has 4 saturated heterocycles. The van der Waals surface area contributed by atoms with Gasteiger partial charge in [0.1, 0.15) is 0 Å². The highest BCUT2D eigenvalue weighted by molar-refractivity contribution is 5.82. The minimum atomic E-state index is 0.0215. The maximum atomic E-state index is 13.3. The third-order valence-electron chi connectivity index (χ3n) is 8.71. The van der Waals surface area contributed by atoms with Crippen LogP contribution >= 0.6 is 0 Å². The van der Waals surface area contributed by atoms with Gasteiger partial charge in [-0.2, -0.15) is 0 Å². The van der Waals surface area contributed by atoms with Crippen LogP contribution in [0.4, 0.5) is 0 Å². The standard InChI is InChI=1S/C26H44N4O4/c31-25(29-12-8-27(9-13-29)19-23-6-2-16-33-23)21-4-1-5-22(18-21)26(32)30-14-10-28(11-15-30)20-24-7-3-17-34-24/h21-24H,1-20H2. The summed E-state index contributed by atoms with van der Waals surface area (Å²) in [6, 6.07) is 0. The topological polar surface area (TPSA) is 65.6 Å². The molecule has 0 aromatic carbocycles.